The van der Waals surface area contributed by atoms with E-state index in [2.05, 4.69) is 15.2 Å². The van der Waals surface area contributed by atoms with Gasteiger partial charge in [-0.2, -0.15) is 0 Å². The first-order valence-corrected chi connectivity index (χ1v) is 8.42. The maximum Gasteiger partial charge on any atom is 0.255 e. The molecule has 25 heavy (non-hydrogen) atoms. The molecular weight excluding hydrogens is 320 g/mol. The second-order valence-electron chi connectivity index (χ2n) is 6.18. The summed E-state index contributed by atoms with van der Waals surface area (Å²) in [7, 11) is 3.92. The van der Waals surface area contributed by atoms with Gasteiger partial charge >= 0.3 is 0 Å². The SMILES string of the molecule is CN(C)[C@@H](CNC(=O)c1cccnc1N1CCOCC1)c1ccco1. The van der Waals surface area contributed by atoms with Crippen molar-refractivity contribution in [1.29, 1.82) is 0 Å². The van der Waals surface area contributed by atoms with E-state index in [9.17, 15) is 4.79 Å². The molecule has 1 aliphatic heterocycles. The lowest BCUT2D eigenvalue weighted by Gasteiger charge is -2.29. The van der Waals surface area contributed by atoms with Crippen molar-refractivity contribution >= 4 is 11.7 Å². The van der Waals surface area contributed by atoms with Crippen LogP contribution >= 0.6 is 0 Å². The Morgan fingerprint density at radius 1 is 1.32 bits per heavy atom. The van der Waals surface area contributed by atoms with Crippen molar-refractivity contribution in [3.05, 3.63) is 48.0 Å². The van der Waals surface area contributed by atoms with Crippen molar-refractivity contribution in [2.75, 3.05) is 51.8 Å². The number of rotatable bonds is 6. The van der Waals surface area contributed by atoms with Crippen molar-refractivity contribution in [2.24, 2.45) is 0 Å². The number of nitrogens with zero attached hydrogens (tertiary/aromatic N) is 3. The van der Waals surface area contributed by atoms with Crippen molar-refractivity contribution in [2.45, 2.75) is 6.04 Å². The Balaban J connectivity index is 1.71. The molecule has 7 heteroatoms. The van der Waals surface area contributed by atoms with Crippen molar-refractivity contribution in [1.82, 2.24) is 15.2 Å². The quantitative estimate of drug-likeness (QED) is 0.857. The fraction of sp³-hybridized carbons (Fsp3) is 0.444. The molecule has 1 N–H and O–H groups in total. The zero-order valence-corrected chi connectivity index (χ0v) is 14.6. The normalized spacial score (nSPS) is 16.0. The number of carbonyl (C=O) groups is 1. The summed E-state index contributed by atoms with van der Waals surface area (Å²) in [6, 6.07) is 7.34. The van der Waals surface area contributed by atoms with Gasteiger partial charge in [0.15, 0.2) is 0 Å². The van der Waals surface area contributed by atoms with Crippen LogP contribution in [0.25, 0.3) is 0 Å². The van der Waals surface area contributed by atoms with Gasteiger partial charge in [0.05, 0.1) is 31.1 Å². The predicted octanol–water partition coefficient (Wildman–Crippen LogP) is 1.54. The van der Waals surface area contributed by atoms with Crippen molar-refractivity contribution < 1.29 is 13.9 Å². The number of furan rings is 1. The van der Waals surface area contributed by atoms with Crippen LogP contribution in [0.4, 0.5) is 5.82 Å². The minimum Gasteiger partial charge on any atom is -0.468 e. The van der Waals surface area contributed by atoms with Crippen LogP contribution in [0.5, 0.6) is 0 Å². The standard InChI is InChI=1S/C18H24N4O3/c1-21(2)15(16-6-4-10-25-16)13-20-18(23)14-5-3-7-19-17(14)22-8-11-24-12-9-22/h3-7,10,15H,8-9,11-13H2,1-2H3,(H,20,23)/t15-/m0/s1. The highest BCUT2D eigenvalue weighted by atomic mass is 16.5. The second-order valence-corrected chi connectivity index (χ2v) is 6.18. The van der Waals surface area contributed by atoms with E-state index in [1.807, 2.05) is 37.2 Å². The molecule has 0 unspecified atom stereocenters. The van der Waals surface area contributed by atoms with Crippen LogP contribution in [0, 0.1) is 0 Å². The number of ether oxygens (including phenoxy) is 1. The molecule has 0 radical (unpaired) electrons. The molecule has 0 spiro atoms. The number of anilines is 1. The third-order valence-corrected chi connectivity index (χ3v) is 4.29. The third kappa shape index (κ3) is 4.18. The van der Waals surface area contributed by atoms with E-state index in [0.29, 0.717) is 31.1 Å². The summed E-state index contributed by atoms with van der Waals surface area (Å²) in [4.78, 5) is 21.3. The maximum atomic E-state index is 12.7. The average molecular weight is 344 g/mol. The fourth-order valence-electron chi connectivity index (χ4n) is 2.90. The zero-order valence-electron chi connectivity index (χ0n) is 14.6. The fourth-order valence-corrected chi connectivity index (χ4v) is 2.90. The highest BCUT2D eigenvalue weighted by Crippen LogP contribution is 2.20. The van der Waals surface area contributed by atoms with Gasteiger partial charge < -0.3 is 19.4 Å². The molecule has 3 heterocycles. The van der Waals surface area contributed by atoms with E-state index >= 15 is 0 Å². The van der Waals surface area contributed by atoms with Crippen LogP contribution < -0.4 is 10.2 Å². The van der Waals surface area contributed by atoms with Crippen LogP contribution in [0.1, 0.15) is 22.2 Å². The van der Waals surface area contributed by atoms with Crippen molar-refractivity contribution in [3.8, 4) is 0 Å². The number of nitrogens with one attached hydrogen (secondary N) is 1. The molecule has 2 aromatic rings. The lowest BCUT2D eigenvalue weighted by atomic mass is 10.1. The maximum absolute atomic E-state index is 12.7. The van der Waals surface area contributed by atoms with Gasteiger partial charge in [0, 0.05) is 25.8 Å². The monoisotopic (exact) mass is 344 g/mol. The molecule has 7 nitrogen and oxygen atoms in total. The first-order valence-electron chi connectivity index (χ1n) is 8.42. The minimum absolute atomic E-state index is 0.0255. The van der Waals surface area contributed by atoms with E-state index in [4.69, 9.17) is 9.15 Å². The predicted molar refractivity (Wildman–Crippen MR) is 94.7 cm³/mol. The summed E-state index contributed by atoms with van der Waals surface area (Å²) < 4.78 is 10.9. The Hall–Kier alpha value is -2.38. The molecule has 2 aromatic heterocycles. The number of pyridine rings is 1. The number of hydrogen-bond donors (Lipinski definition) is 1. The van der Waals surface area contributed by atoms with Crippen LogP contribution in [-0.4, -0.2) is 62.7 Å². The van der Waals surface area contributed by atoms with Gasteiger partial charge in [-0.15, -0.1) is 0 Å². The lowest BCUT2D eigenvalue weighted by molar-refractivity contribution is 0.0937. The number of likely N-dealkylation sites (N-methyl/N-ethyl adjacent to an activating group) is 1. The lowest BCUT2D eigenvalue weighted by Crippen LogP contribution is -2.39. The molecule has 1 amide bonds. The topological polar surface area (TPSA) is 70.8 Å². The molecule has 0 aromatic carbocycles. The van der Waals surface area contributed by atoms with Crippen LogP contribution in [0.3, 0.4) is 0 Å². The minimum atomic E-state index is -0.131. The van der Waals surface area contributed by atoms with E-state index in [0.717, 1.165) is 18.8 Å². The number of aromatic nitrogens is 1. The highest BCUT2D eigenvalue weighted by Gasteiger charge is 2.22. The molecular formula is C18H24N4O3. The Morgan fingerprint density at radius 2 is 2.12 bits per heavy atom. The van der Waals surface area contributed by atoms with Gasteiger partial charge in [0.2, 0.25) is 0 Å². The number of hydrogen-bond acceptors (Lipinski definition) is 6. The first kappa shape index (κ1) is 17.4. The second kappa shape index (κ2) is 8.13. The Labute approximate surface area is 147 Å². The number of morpholine rings is 1. The Morgan fingerprint density at radius 3 is 2.80 bits per heavy atom. The van der Waals surface area contributed by atoms with Gasteiger partial charge in [-0.3, -0.25) is 9.69 Å². The van der Waals surface area contributed by atoms with E-state index in [-0.39, 0.29) is 11.9 Å². The van der Waals surface area contributed by atoms with E-state index < -0.39 is 0 Å². The van der Waals surface area contributed by atoms with Gasteiger partial charge in [-0.25, -0.2) is 4.98 Å². The molecule has 1 saturated heterocycles. The number of amides is 1. The molecule has 1 atom stereocenters. The van der Waals surface area contributed by atoms with Gasteiger partial charge in [0.25, 0.3) is 5.91 Å². The zero-order chi connectivity index (χ0) is 17.6. The van der Waals surface area contributed by atoms with E-state index in [1.54, 1.807) is 18.5 Å². The van der Waals surface area contributed by atoms with E-state index in [1.165, 1.54) is 0 Å². The smallest absolute Gasteiger partial charge is 0.255 e. The van der Waals surface area contributed by atoms with Gasteiger partial charge in [0.1, 0.15) is 11.6 Å². The summed E-state index contributed by atoms with van der Waals surface area (Å²) in [5.41, 5.74) is 0.585. The molecule has 0 saturated carbocycles. The van der Waals surface area contributed by atoms with Gasteiger partial charge in [-0.05, 0) is 38.4 Å². The number of carbonyl (C=O) groups excluding carboxylic acids is 1. The average Bonchev–Trinajstić information content (AvgIpc) is 3.16. The Bertz CT molecular complexity index is 681. The highest BCUT2D eigenvalue weighted by molar-refractivity contribution is 5.98. The third-order valence-electron chi connectivity index (χ3n) is 4.29. The summed E-state index contributed by atoms with van der Waals surface area (Å²) in [6.07, 6.45) is 3.36. The molecule has 134 valence electrons. The Kier molecular flexibility index (Phi) is 5.67. The summed E-state index contributed by atoms with van der Waals surface area (Å²) in [5, 5.41) is 3.01. The largest absolute Gasteiger partial charge is 0.468 e. The van der Waals surface area contributed by atoms with Crippen LogP contribution in [0.2, 0.25) is 0 Å². The van der Waals surface area contributed by atoms with Crippen LogP contribution in [0.15, 0.2) is 41.1 Å². The molecule has 0 aliphatic carbocycles. The van der Waals surface area contributed by atoms with Gasteiger partial charge in [-0.1, -0.05) is 0 Å². The molecule has 0 bridgehead atoms. The van der Waals surface area contributed by atoms with Crippen LogP contribution in [-0.2, 0) is 4.74 Å². The summed E-state index contributed by atoms with van der Waals surface area (Å²) in [6.45, 7) is 3.24. The summed E-state index contributed by atoms with van der Waals surface area (Å²) in [5.74, 6) is 1.40. The summed E-state index contributed by atoms with van der Waals surface area (Å²) >= 11 is 0. The van der Waals surface area contributed by atoms with Crippen molar-refractivity contribution in [3.63, 3.8) is 0 Å². The molecule has 1 aliphatic rings. The molecule has 1 fully saturated rings. The first-order chi connectivity index (χ1) is 12.2. The molecule has 3 rings (SSSR count).